The molecule has 1 spiro atoms. The maximum Gasteiger partial charge on any atom is 0.422 e. The van der Waals surface area contributed by atoms with E-state index in [2.05, 4.69) is 22.9 Å². The van der Waals surface area contributed by atoms with Gasteiger partial charge in [0.1, 0.15) is 0 Å². The van der Waals surface area contributed by atoms with Crippen LogP contribution in [0.15, 0.2) is 53.6 Å². The fourth-order valence-electron chi connectivity index (χ4n) is 4.69. The highest BCUT2D eigenvalue weighted by Crippen LogP contribution is 2.58. The van der Waals surface area contributed by atoms with E-state index in [4.69, 9.17) is 5.10 Å². The number of hydrogen-bond donors (Lipinski definition) is 0. The number of halogens is 3. The summed E-state index contributed by atoms with van der Waals surface area (Å²) in [5.41, 5.74) is 4.94. The summed E-state index contributed by atoms with van der Waals surface area (Å²) >= 11 is 0. The number of hydrazone groups is 1. The number of nitrogens with zero attached hydrogens (tertiary/aromatic N) is 2. The molecule has 1 aliphatic heterocycles. The van der Waals surface area contributed by atoms with Crippen LogP contribution in [0.1, 0.15) is 42.9 Å². The van der Waals surface area contributed by atoms with Gasteiger partial charge in [-0.2, -0.15) is 18.3 Å². The Bertz CT molecular complexity index is 1010. The number of benzene rings is 2. The third-order valence-electron chi connectivity index (χ3n) is 6.28. The zero-order chi connectivity index (χ0) is 23.1. The average molecular weight is 444 g/mol. The first-order valence-electron chi connectivity index (χ1n) is 10.8. The first-order valence-corrected chi connectivity index (χ1v) is 10.8. The smallest absolute Gasteiger partial charge is 0.422 e. The Morgan fingerprint density at radius 1 is 1.16 bits per heavy atom. The van der Waals surface area contributed by atoms with E-state index < -0.39 is 24.7 Å². The van der Waals surface area contributed by atoms with Gasteiger partial charge in [-0.05, 0) is 61.9 Å². The molecule has 2 aliphatic rings. The van der Waals surface area contributed by atoms with Gasteiger partial charge in [-0.1, -0.05) is 43.3 Å². The van der Waals surface area contributed by atoms with E-state index in [0.717, 1.165) is 40.9 Å². The van der Waals surface area contributed by atoms with Crippen molar-refractivity contribution in [1.82, 2.24) is 0 Å². The molecule has 2 atom stereocenters. The van der Waals surface area contributed by atoms with Crippen molar-refractivity contribution in [2.45, 2.75) is 52.3 Å². The molecule has 0 aromatic heterocycles. The van der Waals surface area contributed by atoms with Gasteiger partial charge in [-0.15, -0.1) is 0 Å². The highest BCUT2D eigenvalue weighted by molar-refractivity contribution is 6.09. The van der Waals surface area contributed by atoms with Crippen molar-refractivity contribution in [2.75, 3.05) is 11.6 Å². The first-order chi connectivity index (χ1) is 15.1. The van der Waals surface area contributed by atoms with Crippen molar-refractivity contribution < 1.29 is 22.7 Å². The van der Waals surface area contributed by atoms with Crippen LogP contribution >= 0.6 is 0 Å². The largest absolute Gasteiger partial charge is 0.456 e. The highest BCUT2D eigenvalue weighted by atomic mass is 19.4. The molecule has 0 bridgehead atoms. The van der Waals surface area contributed by atoms with Crippen LogP contribution in [-0.4, -0.2) is 30.5 Å². The Hall–Kier alpha value is -2.83. The maximum atomic E-state index is 12.5. The van der Waals surface area contributed by atoms with Crippen LogP contribution in [0.4, 0.5) is 18.9 Å². The van der Waals surface area contributed by atoms with E-state index in [-0.39, 0.29) is 11.5 Å². The molecule has 4 rings (SSSR count). The number of carbonyl (C=O) groups is 1. The fourth-order valence-corrected chi connectivity index (χ4v) is 4.69. The second-order valence-corrected chi connectivity index (χ2v) is 9.04. The normalized spacial score (nSPS) is 20.2. The molecule has 0 radical (unpaired) electrons. The molecule has 0 N–H and O–H groups in total. The van der Waals surface area contributed by atoms with Crippen molar-refractivity contribution in [1.29, 1.82) is 0 Å². The molecular formula is C25H27F3N2O2. The summed E-state index contributed by atoms with van der Waals surface area (Å²) in [4.78, 5) is 12.3. The Labute approximate surface area is 186 Å². The second kappa shape index (κ2) is 8.26. The number of aryl methyl sites for hydroxylation is 2. The van der Waals surface area contributed by atoms with Gasteiger partial charge in [0.25, 0.3) is 0 Å². The van der Waals surface area contributed by atoms with E-state index in [0.29, 0.717) is 6.42 Å². The predicted molar refractivity (Wildman–Crippen MR) is 118 cm³/mol. The summed E-state index contributed by atoms with van der Waals surface area (Å²) in [6, 6.07) is 16.0. The number of rotatable bonds is 6. The number of carbonyl (C=O) groups excluding carboxylic acids is 1. The van der Waals surface area contributed by atoms with Crippen LogP contribution in [0.5, 0.6) is 0 Å². The van der Waals surface area contributed by atoms with Crippen LogP contribution in [-0.2, 0) is 9.53 Å². The molecule has 7 heteroatoms. The summed E-state index contributed by atoms with van der Waals surface area (Å²) in [6.45, 7) is 4.12. The third-order valence-corrected chi connectivity index (χ3v) is 6.28. The van der Waals surface area contributed by atoms with Gasteiger partial charge >= 0.3 is 12.1 Å². The zero-order valence-corrected chi connectivity index (χ0v) is 18.4. The Morgan fingerprint density at radius 2 is 1.78 bits per heavy atom. The van der Waals surface area contributed by atoms with Gasteiger partial charge < -0.3 is 4.74 Å². The molecular weight excluding hydrogens is 417 g/mol. The summed E-state index contributed by atoms with van der Waals surface area (Å²) in [5.74, 6) is -1.51. The van der Waals surface area contributed by atoms with Crippen LogP contribution < -0.4 is 5.01 Å². The van der Waals surface area contributed by atoms with Crippen molar-refractivity contribution in [3.8, 4) is 0 Å². The highest BCUT2D eigenvalue weighted by Gasteiger charge is 2.60. The van der Waals surface area contributed by atoms with E-state index in [1.54, 1.807) is 6.92 Å². The average Bonchev–Trinajstić information content (AvgIpc) is 3.45. The fraction of sp³-hybridized carbons (Fsp3) is 0.440. The monoisotopic (exact) mass is 444 g/mol. The number of anilines is 1. The number of hydrogen-bond acceptors (Lipinski definition) is 4. The molecule has 32 heavy (non-hydrogen) atoms. The van der Waals surface area contributed by atoms with Gasteiger partial charge in [0.15, 0.2) is 6.61 Å². The quantitative estimate of drug-likeness (QED) is 0.528. The van der Waals surface area contributed by atoms with Gasteiger partial charge in [0, 0.05) is 5.41 Å². The number of alkyl halides is 3. The molecule has 1 fully saturated rings. The molecule has 2 aromatic rings. The minimum Gasteiger partial charge on any atom is -0.456 e. The lowest BCUT2D eigenvalue weighted by molar-refractivity contribution is -0.189. The van der Waals surface area contributed by atoms with Gasteiger partial charge in [0.2, 0.25) is 0 Å². The van der Waals surface area contributed by atoms with Crippen molar-refractivity contribution in [3.63, 3.8) is 0 Å². The lowest BCUT2D eigenvalue weighted by Gasteiger charge is -2.30. The lowest BCUT2D eigenvalue weighted by Crippen LogP contribution is -2.38. The number of ether oxygens (including phenoxy) is 1. The van der Waals surface area contributed by atoms with Crippen molar-refractivity contribution in [3.05, 3.63) is 65.2 Å². The third kappa shape index (κ3) is 4.52. The van der Waals surface area contributed by atoms with E-state index in [1.807, 2.05) is 49.2 Å². The summed E-state index contributed by atoms with van der Waals surface area (Å²) in [6.07, 6.45) is -2.31. The molecule has 4 nitrogen and oxygen atoms in total. The lowest BCUT2D eigenvalue weighted by atomic mass is 9.83. The Morgan fingerprint density at radius 3 is 2.34 bits per heavy atom. The SMILES string of the molecule is Cc1cc(C)cc(N2N=C(c3ccccc3)C3(CC3)C2CC(C)C(=O)OCC(F)(F)F)c1. The minimum absolute atomic E-state index is 0.132. The first kappa shape index (κ1) is 22.4. The second-order valence-electron chi connectivity index (χ2n) is 9.04. The van der Waals surface area contributed by atoms with Crippen molar-refractivity contribution in [2.24, 2.45) is 16.4 Å². The van der Waals surface area contributed by atoms with Gasteiger partial charge in [0.05, 0.1) is 23.4 Å². The summed E-state index contributed by atoms with van der Waals surface area (Å²) in [5, 5.41) is 7.00. The van der Waals surface area contributed by atoms with Crippen LogP contribution in [0, 0.1) is 25.2 Å². The van der Waals surface area contributed by atoms with Crippen LogP contribution in [0.2, 0.25) is 0 Å². The Kier molecular flexibility index (Phi) is 5.77. The van der Waals surface area contributed by atoms with Gasteiger partial charge in [-0.25, -0.2) is 0 Å². The minimum atomic E-state index is -4.53. The topological polar surface area (TPSA) is 41.9 Å². The van der Waals surface area contributed by atoms with Crippen LogP contribution in [0.25, 0.3) is 0 Å². The molecule has 0 amide bonds. The molecule has 2 aromatic carbocycles. The molecule has 170 valence electrons. The maximum absolute atomic E-state index is 12.5. The molecule has 2 unspecified atom stereocenters. The van der Waals surface area contributed by atoms with E-state index in [9.17, 15) is 18.0 Å². The molecule has 0 saturated heterocycles. The number of esters is 1. The molecule has 1 aliphatic carbocycles. The van der Waals surface area contributed by atoms with E-state index in [1.165, 1.54) is 0 Å². The van der Waals surface area contributed by atoms with Crippen LogP contribution in [0.3, 0.4) is 0 Å². The zero-order valence-electron chi connectivity index (χ0n) is 18.4. The standard InChI is InChI=1S/C25H27F3N2O2/c1-16-11-17(2)13-20(12-16)30-21(14-18(3)23(31)32-15-25(26,27)28)24(9-10-24)22(29-30)19-7-5-4-6-8-19/h4-8,11-13,18,21H,9-10,14-15H2,1-3H3. The summed E-state index contributed by atoms with van der Waals surface area (Å²) in [7, 11) is 0. The van der Waals surface area contributed by atoms with Gasteiger partial charge in [-0.3, -0.25) is 9.80 Å². The predicted octanol–water partition coefficient (Wildman–Crippen LogP) is 5.81. The molecule has 1 heterocycles. The van der Waals surface area contributed by atoms with E-state index >= 15 is 0 Å². The Balaban J connectivity index is 1.65. The van der Waals surface area contributed by atoms with Crippen molar-refractivity contribution >= 4 is 17.4 Å². The molecule has 1 saturated carbocycles. The summed E-state index contributed by atoms with van der Waals surface area (Å²) < 4.78 is 42.1.